The Morgan fingerprint density at radius 2 is 1.54 bits per heavy atom. The summed E-state index contributed by atoms with van der Waals surface area (Å²) in [6.45, 7) is 3.01. The molecule has 0 spiro atoms. The minimum Gasteiger partial charge on any atom is -0.335 e. The van der Waals surface area contributed by atoms with Crippen molar-refractivity contribution in [3.8, 4) is 0 Å². The van der Waals surface area contributed by atoms with Crippen LogP contribution in [0.5, 0.6) is 0 Å². The third-order valence-corrected chi connectivity index (χ3v) is 5.33. The van der Waals surface area contributed by atoms with Crippen LogP contribution in [-0.2, 0) is 13.0 Å². The van der Waals surface area contributed by atoms with Gasteiger partial charge in [-0.3, -0.25) is 14.3 Å². The first-order valence-corrected chi connectivity index (χ1v) is 9.40. The smallest absolute Gasteiger partial charge is 0.274 e. The fraction of sp³-hybridized carbons (Fsp3) is 0.421. The molecule has 7 heteroatoms. The van der Waals surface area contributed by atoms with Crippen LogP contribution < -0.4 is 0 Å². The van der Waals surface area contributed by atoms with Gasteiger partial charge in [-0.2, -0.15) is 5.10 Å². The van der Waals surface area contributed by atoms with E-state index >= 15 is 0 Å². The Bertz CT molecular complexity index is 799. The molecular weight excluding hydrogens is 352 g/mol. The van der Waals surface area contributed by atoms with Crippen LogP contribution >= 0.6 is 11.6 Å². The lowest BCUT2D eigenvalue weighted by atomic mass is 10.1. The summed E-state index contributed by atoms with van der Waals surface area (Å²) in [5, 5.41) is 5.08. The van der Waals surface area contributed by atoms with Gasteiger partial charge in [0.25, 0.3) is 11.8 Å². The maximum Gasteiger partial charge on any atom is 0.274 e. The van der Waals surface area contributed by atoms with Crippen LogP contribution in [0.25, 0.3) is 0 Å². The lowest BCUT2D eigenvalue weighted by Gasteiger charge is -2.34. The van der Waals surface area contributed by atoms with Gasteiger partial charge >= 0.3 is 0 Å². The molecule has 1 aromatic heterocycles. The van der Waals surface area contributed by atoms with Gasteiger partial charge in [0.05, 0.1) is 0 Å². The van der Waals surface area contributed by atoms with Crippen molar-refractivity contribution < 1.29 is 9.59 Å². The first-order chi connectivity index (χ1) is 12.6. The van der Waals surface area contributed by atoms with E-state index in [0.29, 0.717) is 42.5 Å². The van der Waals surface area contributed by atoms with Crippen LogP contribution in [0.3, 0.4) is 0 Å². The maximum absolute atomic E-state index is 12.7. The Morgan fingerprint density at radius 3 is 2.19 bits per heavy atom. The number of carbonyl (C=O) groups excluding carboxylic acids is 2. The van der Waals surface area contributed by atoms with Crippen molar-refractivity contribution in [2.45, 2.75) is 25.8 Å². The van der Waals surface area contributed by atoms with Crippen LogP contribution in [-0.4, -0.2) is 57.6 Å². The summed E-state index contributed by atoms with van der Waals surface area (Å²) in [6.07, 6.45) is 3.27. The normalized spacial score (nSPS) is 17.1. The van der Waals surface area contributed by atoms with E-state index in [-0.39, 0.29) is 11.8 Å². The highest BCUT2D eigenvalue weighted by Gasteiger charge is 2.27. The molecule has 0 aliphatic carbocycles. The molecule has 0 unspecified atom stereocenters. The second-order valence-corrected chi connectivity index (χ2v) is 7.23. The molecule has 26 heavy (non-hydrogen) atoms. The van der Waals surface area contributed by atoms with Gasteiger partial charge in [0.1, 0.15) is 0 Å². The topological polar surface area (TPSA) is 58.4 Å². The largest absolute Gasteiger partial charge is 0.335 e. The summed E-state index contributed by atoms with van der Waals surface area (Å²) in [5.41, 5.74) is 2.30. The molecule has 0 atom stereocenters. The molecule has 0 bridgehead atoms. The lowest BCUT2D eigenvalue weighted by molar-refractivity contribution is 0.0532. The molecule has 1 saturated heterocycles. The average molecular weight is 373 g/mol. The molecule has 4 rings (SSSR count). The summed E-state index contributed by atoms with van der Waals surface area (Å²) in [4.78, 5) is 28.9. The van der Waals surface area contributed by atoms with E-state index in [1.807, 2.05) is 10.7 Å². The third kappa shape index (κ3) is 3.33. The van der Waals surface area contributed by atoms with Crippen molar-refractivity contribution in [3.63, 3.8) is 0 Å². The van der Waals surface area contributed by atoms with Crippen LogP contribution in [0, 0.1) is 0 Å². The predicted molar refractivity (Wildman–Crippen MR) is 98.4 cm³/mol. The van der Waals surface area contributed by atoms with Crippen molar-refractivity contribution in [2.24, 2.45) is 0 Å². The summed E-state index contributed by atoms with van der Waals surface area (Å²) < 4.78 is 1.96. The molecule has 3 heterocycles. The zero-order valence-corrected chi connectivity index (χ0v) is 15.3. The summed E-state index contributed by atoms with van der Waals surface area (Å²) in [7, 11) is 0. The van der Waals surface area contributed by atoms with Crippen molar-refractivity contribution in [2.75, 3.05) is 26.2 Å². The van der Waals surface area contributed by atoms with E-state index < -0.39 is 0 Å². The highest BCUT2D eigenvalue weighted by atomic mass is 35.5. The highest BCUT2D eigenvalue weighted by molar-refractivity contribution is 6.30. The Kier molecular flexibility index (Phi) is 4.68. The Hall–Kier alpha value is -2.34. The number of aromatic nitrogens is 2. The van der Waals surface area contributed by atoms with Crippen LogP contribution in [0.15, 0.2) is 30.3 Å². The predicted octanol–water partition coefficient (Wildman–Crippen LogP) is 2.47. The quantitative estimate of drug-likeness (QED) is 0.813. The zero-order chi connectivity index (χ0) is 18.1. The molecule has 2 aliphatic heterocycles. The Morgan fingerprint density at radius 1 is 0.885 bits per heavy atom. The molecule has 1 fully saturated rings. The van der Waals surface area contributed by atoms with Crippen LogP contribution in [0.4, 0.5) is 0 Å². The molecule has 1 aromatic carbocycles. The van der Waals surface area contributed by atoms with E-state index in [2.05, 4.69) is 5.10 Å². The van der Waals surface area contributed by atoms with E-state index in [1.54, 1.807) is 34.1 Å². The van der Waals surface area contributed by atoms with E-state index in [9.17, 15) is 9.59 Å². The van der Waals surface area contributed by atoms with Gasteiger partial charge in [-0.1, -0.05) is 11.6 Å². The number of nitrogens with zero attached hydrogens (tertiary/aromatic N) is 4. The van der Waals surface area contributed by atoms with Crippen LogP contribution in [0.2, 0.25) is 5.02 Å². The van der Waals surface area contributed by atoms with Crippen LogP contribution in [0.1, 0.15) is 39.4 Å². The summed E-state index contributed by atoms with van der Waals surface area (Å²) in [5.74, 6) is -0.0586. The molecule has 2 aliphatic rings. The fourth-order valence-electron chi connectivity index (χ4n) is 3.57. The summed E-state index contributed by atoms with van der Waals surface area (Å²) >= 11 is 5.88. The minimum atomic E-state index is -0.0366. The standard InChI is InChI=1S/C19H21ClN4O2/c20-15-6-4-14(5-7-15)18(25)22-9-11-23(12-10-22)19(26)17-13-16-3-1-2-8-24(16)21-17/h4-7,13H,1-3,8-12H2. The van der Waals surface area contributed by atoms with Gasteiger partial charge in [0, 0.05) is 49.0 Å². The molecule has 0 radical (unpaired) electrons. The van der Waals surface area contributed by atoms with Gasteiger partial charge in [0.15, 0.2) is 5.69 Å². The number of piperazine rings is 1. The first kappa shape index (κ1) is 17.1. The number of hydrogen-bond acceptors (Lipinski definition) is 3. The highest BCUT2D eigenvalue weighted by Crippen LogP contribution is 2.18. The molecule has 136 valence electrons. The lowest BCUT2D eigenvalue weighted by Crippen LogP contribution is -2.50. The average Bonchev–Trinajstić information content (AvgIpc) is 3.12. The van der Waals surface area contributed by atoms with Gasteiger partial charge in [-0.15, -0.1) is 0 Å². The number of benzene rings is 1. The van der Waals surface area contributed by atoms with Gasteiger partial charge < -0.3 is 9.80 Å². The third-order valence-electron chi connectivity index (χ3n) is 5.08. The van der Waals surface area contributed by atoms with Crippen molar-refractivity contribution in [1.82, 2.24) is 19.6 Å². The van der Waals surface area contributed by atoms with Gasteiger partial charge in [-0.25, -0.2) is 0 Å². The number of halogens is 1. The molecule has 6 nitrogen and oxygen atoms in total. The number of amides is 2. The second-order valence-electron chi connectivity index (χ2n) is 6.79. The van der Waals surface area contributed by atoms with E-state index in [4.69, 9.17) is 11.6 Å². The van der Waals surface area contributed by atoms with Crippen molar-refractivity contribution in [3.05, 3.63) is 52.3 Å². The number of carbonyl (C=O) groups is 2. The number of fused-ring (bicyclic) bond motifs is 1. The zero-order valence-electron chi connectivity index (χ0n) is 14.5. The van der Waals surface area contributed by atoms with Gasteiger partial charge in [0.2, 0.25) is 0 Å². The fourth-order valence-corrected chi connectivity index (χ4v) is 3.70. The molecular formula is C19H21ClN4O2. The number of rotatable bonds is 2. The first-order valence-electron chi connectivity index (χ1n) is 9.03. The SMILES string of the molecule is O=C(c1ccc(Cl)cc1)N1CCN(C(=O)c2cc3n(n2)CCCC3)CC1. The van der Waals surface area contributed by atoms with Gasteiger partial charge in [-0.05, 0) is 49.6 Å². The molecule has 2 aromatic rings. The number of hydrogen-bond donors (Lipinski definition) is 0. The maximum atomic E-state index is 12.7. The van der Waals surface area contributed by atoms with E-state index in [1.165, 1.54) is 0 Å². The summed E-state index contributed by atoms with van der Waals surface area (Å²) in [6, 6.07) is 8.83. The Labute approximate surface area is 157 Å². The number of aryl methyl sites for hydroxylation is 2. The van der Waals surface area contributed by atoms with Crippen molar-refractivity contribution in [1.29, 1.82) is 0 Å². The van der Waals surface area contributed by atoms with Crippen molar-refractivity contribution >= 4 is 23.4 Å². The second kappa shape index (κ2) is 7.11. The minimum absolute atomic E-state index is 0.0220. The molecule has 0 saturated carbocycles. The monoisotopic (exact) mass is 372 g/mol. The van der Waals surface area contributed by atoms with E-state index in [0.717, 1.165) is 31.5 Å². The molecule has 2 amide bonds. The Balaban J connectivity index is 1.38. The molecule has 0 N–H and O–H groups in total.